The molecule has 2 heterocycles. The molecule has 0 aromatic heterocycles. The van der Waals surface area contributed by atoms with Gasteiger partial charge in [0.2, 0.25) is 5.91 Å². The van der Waals surface area contributed by atoms with Crippen molar-refractivity contribution in [1.82, 2.24) is 4.90 Å². The maximum Gasteiger partial charge on any atom is 0.322 e. The van der Waals surface area contributed by atoms with Crippen LogP contribution in [0, 0.1) is 0 Å². The molecule has 2 unspecified atom stereocenters. The van der Waals surface area contributed by atoms with Crippen LogP contribution in [0.4, 0.5) is 0 Å². The molecule has 5 nitrogen and oxygen atoms in total. The highest BCUT2D eigenvalue weighted by atomic mass is 127. The average Bonchev–Trinajstić information content (AvgIpc) is 2.16. The summed E-state index contributed by atoms with van der Waals surface area (Å²) in [6.45, 7) is 0.271. The molecule has 2 rings (SSSR count). The lowest BCUT2D eigenvalue weighted by Crippen LogP contribution is -2.72. The third-order valence-electron chi connectivity index (χ3n) is 2.47. The van der Waals surface area contributed by atoms with E-state index in [4.69, 9.17) is 10.8 Å². The van der Waals surface area contributed by atoms with Crippen LogP contribution in [-0.4, -0.2) is 49.0 Å². The first kappa shape index (κ1) is 10.5. The van der Waals surface area contributed by atoms with Gasteiger partial charge in [-0.15, -0.1) is 11.8 Å². The van der Waals surface area contributed by atoms with Gasteiger partial charge in [-0.05, 0) is 0 Å². The van der Waals surface area contributed by atoms with E-state index in [2.05, 4.69) is 0 Å². The van der Waals surface area contributed by atoms with Crippen molar-refractivity contribution in [2.24, 2.45) is 5.73 Å². The summed E-state index contributed by atoms with van der Waals surface area (Å²) in [5, 5.41) is 8.98. The highest BCUT2D eigenvalue weighted by molar-refractivity contribution is 14.1. The van der Waals surface area contributed by atoms with Crippen LogP contribution in [0.1, 0.15) is 0 Å². The Morgan fingerprint density at radius 2 is 2.43 bits per heavy atom. The number of carboxylic acid groups (broad SMARTS) is 1. The lowest BCUT2D eigenvalue weighted by molar-refractivity contribution is -0.148. The molecule has 2 saturated heterocycles. The molecule has 0 aromatic carbocycles. The topological polar surface area (TPSA) is 83.6 Å². The van der Waals surface area contributed by atoms with Gasteiger partial charge in [0.15, 0.2) is 0 Å². The van der Waals surface area contributed by atoms with Gasteiger partial charge in [0, 0.05) is 12.3 Å². The summed E-state index contributed by atoms with van der Waals surface area (Å²) in [6, 6.07) is -0.435. The Hall–Kier alpha value is -0.0200. The van der Waals surface area contributed by atoms with Crippen LogP contribution in [0.3, 0.4) is 0 Å². The van der Waals surface area contributed by atoms with Crippen LogP contribution in [0.2, 0.25) is 0 Å². The van der Waals surface area contributed by atoms with Crippen LogP contribution in [0.5, 0.6) is 0 Å². The van der Waals surface area contributed by atoms with Gasteiger partial charge in [0.25, 0.3) is 0 Å². The van der Waals surface area contributed by atoms with Crippen molar-refractivity contribution in [1.29, 1.82) is 0 Å². The van der Waals surface area contributed by atoms with E-state index >= 15 is 0 Å². The van der Waals surface area contributed by atoms with E-state index in [0.717, 1.165) is 0 Å². The van der Waals surface area contributed by atoms with Gasteiger partial charge in [-0.2, -0.15) is 0 Å². The van der Waals surface area contributed by atoms with Crippen molar-refractivity contribution in [3.63, 3.8) is 0 Å². The zero-order valence-electron chi connectivity index (χ0n) is 7.14. The van der Waals surface area contributed by atoms with E-state index in [9.17, 15) is 9.59 Å². The molecule has 2 aliphatic heterocycles. The number of rotatable bonds is 1. The Balaban J connectivity index is 2.12. The summed E-state index contributed by atoms with van der Waals surface area (Å²) in [7, 11) is 0. The second-order valence-electron chi connectivity index (χ2n) is 3.46. The third-order valence-corrected chi connectivity index (χ3v) is 5.72. The highest BCUT2D eigenvalue weighted by Gasteiger charge is 2.54. The van der Waals surface area contributed by atoms with Crippen LogP contribution in [0.25, 0.3) is 0 Å². The van der Waals surface area contributed by atoms with E-state index in [1.807, 2.05) is 22.6 Å². The number of β-lactam (4-membered cyclic amide) rings is 1. The quantitative estimate of drug-likeness (QED) is 0.385. The molecule has 2 fully saturated rings. The molecule has 0 saturated carbocycles. The van der Waals surface area contributed by atoms with Gasteiger partial charge in [-0.25, -0.2) is 0 Å². The number of fused-ring (bicyclic) bond motifs is 1. The number of carbonyl (C=O) groups excluding carboxylic acids is 1. The Labute approximate surface area is 98.5 Å². The fourth-order valence-electron chi connectivity index (χ4n) is 1.57. The van der Waals surface area contributed by atoms with E-state index in [-0.39, 0.29) is 17.8 Å². The number of alkyl halides is 1. The number of halogens is 1. The van der Waals surface area contributed by atoms with Crippen LogP contribution >= 0.6 is 34.4 Å². The molecule has 78 valence electrons. The molecule has 2 aliphatic rings. The first-order chi connectivity index (χ1) is 6.46. The number of amides is 1. The Kier molecular flexibility index (Phi) is 2.43. The molecule has 0 aromatic rings. The Morgan fingerprint density at radius 1 is 1.79 bits per heavy atom. The molecule has 0 spiro atoms. The zero-order chi connectivity index (χ0) is 10.5. The number of nitrogens with two attached hydrogens (primary N) is 1. The number of carbonyl (C=O) groups is 2. The van der Waals surface area contributed by atoms with Crippen molar-refractivity contribution in [2.45, 2.75) is 14.8 Å². The maximum absolute atomic E-state index is 11.3. The van der Waals surface area contributed by atoms with Crippen LogP contribution in [0.15, 0.2) is 0 Å². The standard InChI is InChI=1S/C7H9IN2O3S/c8-7(6(12)13)1-10-4(11)3(9)5(10)14-2-7/h3,5H,1-2,9H2,(H,12,13)/t3?,5-,7?/m1/s1. The highest BCUT2D eigenvalue weighted by Crippen LogP contribution is 2.41. The fourth-order valence-corrected chi connectivity index (χ4v) is 3.81. The van der Waals surface area contributed by atoms with Gasteiger partial charge in [-0.1, -0.05) is 22.6 Å². The van der Waals surface area contributed by atoms with Gasteiger partial charge in [-0.3, -0.25) is 9.59 Å². The van der Waals surface area contributed by atoms with Crippen molar-refractivity contribution in [3.8, 4) is 0 Å². The molecule has 3 atom stereocenters. The van der Waals surface area contributed by atoms with Gasteiger partial charge >= 0.3 is 5.97 Å². The summed E-state index contributed by atoms with van der Waals surface area (Å²) in [5.41, 5.74) is 5.58. The second kappa shape index (κ2) is 3.24. The number of aliphatic carboxylic acids is 1. The molecule has 3 N–H and O–H groups in total. The third kappa shape index (κ3) is 1.33. The molecule has 7 heteroatoms. The normalized spacial score (nSPS) is 41.6. The minimum absolute atomic E-state index is 0.00950. The van der Waals surface area contributed by atoms with E-state index < -0.39 is 15.4 Å². The first-order valence-electron chi connectivity index (χ1n) is 4.06. The molecule has 14 heavy (non-hydrogen) atoms. The lowest BCUT2D eigenvalue weighted by atomic mass is 10.0. The monoisotopic (exact) mass is 328 g/mol. The number of nitrogens with zero attached hydrogens (tertiary/aromatic N) is 1. The SMILES string of the molecule is NC1C(=O)N2CC(I)(C(=O)O)CS[C@H]12. The second-order valence-corrected chi connectivity index (χ2v) is 6.63. The fraction of sp³-hybridized carbons (Fsp3) is 0.714. The summed E-state index contributed by atoms with van der Waals surface area (Å²) in [6.07, 6.45) is 0. The smallest absolute Gasteiger partial charge is 0.322 e. The molecular weight excluding hydrogens is 319 g/mol. The van der Waals surface area contributed by atoms with Crippen molar-refractivity contribution >= 4 is 46.2 Å². The minimum Gasteiger partial charge on any atom is -0.480 e. The van der Waals surface area contributed by atoms with Gasteiger partial charge < -0.3 is 15.7 Å². The summed E-state index contributed by atoms with van der Waals surface area (Å²) in [5.74, 6) is -0.493. The summed E-state index contributed by atoms with van der Waals surface area (Å²) in [4.78, 5) is 23.8. The molecule has 1 amide bonds. The molecule has 0 radical (unpaired) electrons. The largest absolute Gasteiger partial charge is 0.480 e. The van der Waals surface area contributed by atoms with Crippen LogP contribution in [-0.2, 0) is 9.59 Å². The summed E-state index contributed by atoms with van der Waals surface area (Å²) >= 11 is 3.35. The van der Waals surface area contributed by atoms with Crippen molar-refractivity contribution < 1.29 is 14.7 Å². The number of thioether (sulfide) groups is 1. The van der Waals surface area contributed by atoms with E-state index in [1.54, 1.807) is 4.90 Å². The average molecular weight is 328 g/mol. The maximum atomic E-state index is 11.3. The predicted octanol–water partition coefficient (Wildman–Crippen LogP) is -0.513. The van der Waals surface area contributed by atoms with Gasteiger partial charge in [0.05, 0.1) is 0 Å². The molecule has 0 bridgehead atoms. The van der Waals surface area contributed by atoms with Crippen LogP contribution < -0.4 is 5.73 Å². The Bertz CT molecular complexity index is 313. The predicted molar refractivity (Wildman–Crippen MR) is 60.3 cm³/mol. The summed E-state index contributed by atoms with van der Waals surface area (Å²) < 4.78 is -0.852. The molecular formula is C7H9IN2O3S. The molecule has 0 aliphatic carbocycles. The van der Waals surface area contributed by atoms with Crippen molar-refractivity contribution in [3.05, 3.63) is 0 Å². The minimum atomic E-state index is -0.864. The van der Waals surface area contributed by atoms with Crippen molar-refractivity contribution in [2.75, 3.05) is 12.3 Å². The first-order valence-corrected chi connectivity index (χ1v) is 6.18. The number of hydrogen-bond acceptors (Lipinski definition) is 4. The van der Waals surface area contributed by atoms with E-state index in [1.165, 1.54) is 11.8 Å². The van der Waals surface area contributed by atoms with E-state index in [0.29, 0.717) is 5.75 Å². The number of carboxylic acids is 1. The Morgan fingerprint density at radius 3 is 3.00 bits per heavy atom. The van der Waals surface area contributed by atoms with Gasteiger partial charge in [0.1, 0.15) is 14.8 Å². The zero-order valence-corrected chi connectivity index (χ0v) is 10.1. The number of hydrogen-bond donors (Lipinski definition) is 2. The lowest BCUT2D eigenvalue weighted by Gasteiger charge is -2.51.